The summed E-state index contributed by atoms with van der Waals surface area (Å²) < 4.78 is 22.0. The van der Waals surface area contributed by atoms with Gasteiger partial charge in [-0.3, -0.25) is 0 Å². The molecule has 164 valence electrons. The van der Waals surface area contributed by atoms with Gasteiger partial charge < -0.3 is 38.5 Å². The van der Waals surface area contributed by atoms with Gasteiger partial charge in [0, 0.05) is 54.4 Å². The van der Waals surface area contributed by atoms with Crippen LogP contribution < -0.4 is 0 Å². The summed E-state index contributed by atoms with van der Waals surface area (Å²) in [6.07, 6.45) is 0. The number of carbonyl (C=O) groups excluding carboxylic acids is 2. The van der Waals surface area contributed by atoms with Crippen molar-refractivity contribution < 1.29 is 28.5 Å². The Labute approximate surface area is 168 Å². The van der Waals surface area contributed by atoms with Crippen LogP contribution in [0.1, 0.15) is 0 Å². The molecule has 0 aromatic carbocycles. The molecule has 1 aliphatic rings. The average molecular weight is 405 g/mol. The maximum Gasteiger partial charge on any atom is 0.319 e. The smallest absolute Gasteiger partial charge is 0.319 e. The van der Waals surface area contributed by atoms with E-state index in [1.807, 2.05) is 0 Å². The van der Waals surface area contributed by atoms with Gasteiger partial charge >= 0.3 is 12.1 Å². The molecule has 28 heavy (non-hydrogen) atoms. The van der Waals surface area contributed by atoms with Crippen molar-refractivity contribution in [3.05, 3.63) is 0 Å². The lowest BCUT2D eigenvalue weighted by atomic mass is 10.5. The zero-order valence-electron chi connectivity index (χ0n) is 17.7. The van der Waals surface area contributed by atoms with Crippen LogP contribution in [0.2, 0.25) is 0 Å². The summed E-state index contributed by atoms with van der Waals surface area (Å²) in [5, 5.41) is 0. The fourth-order valence-corrected chi connectivity index (χ4v) is 2.42. The van der Waals surface area contributed by atoms with Gasteiger partial charge in [0.05, 0.1) is 52.9 Å². The SMILES string of the molecule is CN1CCOCCOCCN(C)C(=O)N(C)CCOCCOCCN(C)C1=O. The van der Waals surface area contributed by atoms with Crippen molar-refractivity contribution in [2.24, 2.45) is 0 Å². The number of ether oxygens (including phenoxy) is 4. The second-order valence-electron chi connectivity index (χ2n) is 6.70. The first kappa shape index (κ1) is 24.4. The minimum absolute atomic E-state index is 0.0717. The molecule has 0 atom stereocenters. The van der Waals surface area contributed by atoms with E-state index < -0.39 is 0 Å². The molecule has 4 amide bonds. The van der Waals surface area contributed by atoms with Crippen molar-refractivity contribution in [1.29, 1.82) is 0 Å². The Morgan fingerprint density at radius 2 is 0.679 bits per heavy atom. The summed E-state index contributed by atoms with van der Waals surface area (Å²) in [4.78, 5) is 30.9. The molecule has 0 spiro atoms. The highest BCUT2D eigenvalue weighted by Crippen LogP contribution is 1.97. The van der Waals surface area contributed by atoms with Crippen molar-refractivity contribution in [2.75, 3.05) is 107 Å². The van der Waals surface area contributed by atoms with E-state index in [0.717, 1.165) is 0 Å². The molecule has 10 nitrogen and oxygen atoms in total. The maximum atomic E-state index is 12.2. The van der Waals surface area contributed by atoms with E-state index in [1.54, 1.807) is 47.8 Å². The Bertz CT molecular complexity index is 378. The lowest BCUT2D eigenvalue weighted by Gasteiger charge is -2.25. The minimum Gasteiger partial charge on any atom is -0.377 e. The fraction of sp³-hybridized carbons (Fsp3) is 0.889. The summed E-state index contributed by atoms with van der Waals surface area (Å²) in [5.41, 5.74) is 0. The molecule has 0 aliphatic carbocycles. The number of likely N-dealkylation sites (N-methyl/N-ethyl adjacent to an activating group) is 4. The molecule has 10 heteroatoms. The summed E-state index contributed by atoms with van der Waals surface area (Å²) in [6.45, 7) is 5.55. The van der Waals surface area contributed by atoms with Crippen LogP contribution in [0.4, 0.5) is 9.59 Å². The van der Waals surface area contributed by atoms with Crippen LogP contribution in [0.3, 0.4) is 0 Å². The molecule has 0 bridgehead atoms. The Hall–Kier alpha value is -1.62. The van der Waals surface area contributed by atoms with Crippen LogP contribution >= 0.6 is 0 Å². The molecule has 1 rings (SSSR count). The first-order valence-electron chi connectivity index (χ1n) is 9.67. The molecule has 1 fully saturated rings. The lowest BCUT2D eigenvalue weighted by molar-refractivity contribution is 0.0292. The monoisotopic (exact) mass is 404 g/mol. The van der Waals surface area contributed by atoms with Crippen molar-refractivity contribution in [3.8, 4) is 0 Å². The molecule has 1 aliphatic heterocycles. The molecule has 0 N–H and O–H groups in total. The number of amides is 4. The zero-order valence-corrected chi connectivity index (χ0v) is 17.7. The average Bonchev–Trinajstić information content (AvgIpc) is 2.69. The largest absolute Gasteiger partial charge is 0.377 e. The van der Waals surface area contributed by atoms with Gasteiger partial charge in [-0.15, -0.1) is 0 Å². The quantitative estimate of drug-likeness (QED) is 0.567. The summed E-state index contributed by atoms with van der Waals surface area (Å²) in [6, 6.07) is -0.143. The number of carbonyl (C=O) groups is 2. The van der Waals surface area contributed by atoms with Crippen LogP contribution in [0.15, 0.2) is 0 Å². The standard InChI is InChI=1S/C18H36N4O6/c1-19-5-9-25-13-14-27-11-7-21(3)18(24)22(4)8-12-28-16-15-26-10-6-20(2)17(19)23/h5-16H2,1-4H3. The van der Waals surface area contributed by atoms with Crippen molar-refractivity contribution >= 4 is 12.1 Å². The highest BCUT2D eigenvalue weighted by molar-refractivity contribution is 5.74. The Balaban J connectivity index is 2.43. The van der Waals surface area contributed by atoms with Gasteiger partial charge in [-0.1, -0.05) is 0 Å². The summed E-state index contributed by atoms with van der Waals surface area (Å²) in [5.74, 6) is 0. The van der Waals surface area contributed by atoms with Gasteiger partial charge in [-0.2, -0.15) is 0 Å². The molecule has 1 heterocycles. The van der Waals surface area contributed by atoms with E-state index in [9.17, 15) is 9.59 Å². The minimum atomic E-state index is -0.0717. The van der Waals surface area contributed by atoms with Crippen LogP contribution in [-0.4, -0.2) is 139 Å². The van der Waals surface area contributed by atoms with Gasteiger partial charge in [0.2, 0.25) is 0 Å². The summed E-state index contributed by atoms with van der Waals surface area (Å²) >= 11 is 0. The first-order valence-corrected chi connectivity index (χ1v) is 9.67. The van der Waals surface area contributed by atoms with Crippen LogP contribution in [0.25, 0.3) is 0 Å². The van der Waals surface area contributed by atoms with Crippen molar-refractivity contribution in [3.63, 3.8) is 0 Å². The molecule has 0 aromatic rings. The molecule has 0 saturated carbocycles. The van der Waals surface area contributed by atoms with Crippen molar-refractivity contribution in [2.45, 2.75) is 0 Å². The third-order valence-corrected chi connectivity index (χ3v) is 4.33. The Morgan fingerprint density at radius 1 is 0.464 bits per heavy atom. The van der Waals surface area contributed by atoms with Gasteiger partial charge in [0.15, 0.2) is 0 Å². The Kier molecular flexibility index (Phi) is 12.5. The predicted octanol–water partition coefficient (Wildman–Crippen LogP) is 0.0336. The lowest BCUT2D eigenvalue weighted by Crippen LogP contribution is -2.42. The highest BCUT2D eigenvalue weighted by atomic mass is 16.5. The van der Waals surface area contributed by atoms with Gasteiger partial charge in [-0.25, -0.2) is 9.59 Å². The van der Waals surface area contributed by atoms with Crippen molar-refractivity contribution in [1.82, 2.24) is 19.6 Å². The normalized spacial score (nSPS) is 22.0. The van der Waals surface area contributed by atoms with Crippen LogP contribution in [0, 0.1) is 0 Å². The van der Waals surface area contributed by atoms with Gasteiger partial charge in [0.25, 0.3) is 0 Å². The number of rotatable bonds is 0. The van der Waals surface area contributed by atoms with E-state index in [0.29, 0.717) is 79.0 Å². The van der Waals surface area contributed by atoms with Crippen LogP contribution in [0.5, 0.6) is 0 Å². The Morgan fingerprint density at radius 3 is 0.893 bits per heavy atom. The van der Waals surface area contributed by atoms with E-state index >= 15 is 0 Å². The number of nitrogens with zero attached hydrogens (tertiary/aromatic N) is 4. The molecular formula is C18H36N4O6. The molecule has 1 saturated heterocycles. The van der Waals surface area contributed by atoms with Gasteiger partial charge in [-0.05, 0) is 0 Å². The third kappa shape index (κ3) is 10.1. The number of hydrogen-bond donors (Lipinski definition) is 0. The molecule has 0 unspecified atom stereocenters. The third-order valence-electron chi connectivity index (χ3n) is 4.33. The van der Waals surface area contributed by atoms with E-state index in [-0.39, 0.29) is 12.1 Å². The van der Waals surface area contributed by atoms with E-state index in [1.165, 1.54) is 0 Å². The highest BCUT2D eigenvalue weighted by Gasteiger charge is 2.15. The molecular weight excluding hydrogens is 368 g/mol. The second-order valence-corrected chi connectivity index (χ2v) is 6.70. The topological polar surface area (TPSA) is 84.0 Å². The first-order chi connectivity index (χ1) is 13.4. The maximum absolute atomic E-state index is 12.2. The fourth-order valence-electron chi connectivity index (χ4n) is 2.42. The van der Waals surface area contributed by atoms with Gasteiger partial charge in [0.1, 0.15) is 0 Å². The van der Waals surface area contributed by atoms with Crippen LogP contribution in [-0.2, 0) is 18.9 Å². The second kappa shape index (κ2) is 14.4. The summed E-state index contributed by atoms with van der Waals surface area (Å²) in [7, 11) is 6.98. The predicted molar refractivity (Wildman–Crippen MR) is 105 cm³/mol. The number of hydrogen-bond acceptors (Lipinski definition) is 6. The molecule has 0 radical (unpaired) electrons. The molecule has 0 aromatic heterocycles. The zero-order chi connectivity index (χ0) is 20.8. The number of urea groups is 2. The van der Waals surface area contributed by atoms with E-state index in [4.69, 9.17) is 18.9 Å². The van der Waals surface area contributed by atoms with E-state index in [2.05, 4.69) is 0 Å².